The zero-order valence-corrected chi connectivity index (χ0v) is 8.86. The molecule has 4 nitrogen and oxygen atoms in total. The van der Waals surface area contributed by atoms with Crippen LogP contribution in [0.25, 0.3) is 0 Å². The summed E-state index contributed by atoms with van der Waals surface area (Å²) in [5, 5.41) is 17.6. The fraction of sp³-hybridized carbons (Fsp3) is 0.250. The highest BCUT2D eigenvalue weighted by atomic mass is 16.4. The summed E-state index contributed by atoms with van der Waals surface area (Å²) in [7, 11) is 0. The van der Waals surface area contributed by atoms with E-state index in [9.17, 15) is 9.59 Å². The third kappa shape index (κ3) is 2.45. The Balaban J connectivity index is 3.32. The van der Waals surface area contributed by atoms with Crippen LogP contribution in [-0.2, 0) is 17.6 Å². The Labute approximate surface area is 93.1 Å². The van der Waals surface area contributed by atoms with Gasteiger partial charge in [0, 0.05) is 5.56 Å². The Morgan fingerprint density at radius 3 is 2.62 bits per heavy atom. The first-order valence-corrected chi connectivity index (χ1v) is 4.85. The van der Waals surface area contributed by atoms with Gasteiger partial charge < -0.3 is 5.11 Å². The Kier molecular flexibility index (Phi) is 3.78. The lowest BCUT2D eigenvalue weighted by Gasteiger charge is -2.07. The molecule has 0 aromatic heterocycles. The second-order valence-corrected chi connectivity index (χ2v) is 3.36. The summed E-state index contributed by atoms with van der Waals surface area (Å²) < 4.78 is 0. The minimum absolute atomic E-state index is 0.199. The summed E-state index contributed by atoms with van der Waals surface area (Å²) in [4.78, 5) is 21.4. The zero-order chi connectivity index (χ0) is 12.1. The number of aryl methyl sites for hydroxylation is 1. The summed E-state index contributed by atoms with van der Waals surface area (Å²) in [6.45, 7) is 1.87. The maximum atomic E-state index is 10.8. The number of carboxylic acid groups (broad SMARTS) is 1. The molecule has 0 unspecified atom stereocenters. The maximum Gasteiger partial charge on any atom is 0.307 e. The van der Waals surface area contributed by atoms with E-state index in [1.54, 1.807) is 6.07 Å². The van der Waals surface area contributed by atoms with Gasteiger partial charge in [-0.15, -0.1) is 0 Å². The van der Waals surface area contributed by atoms with Gasteiger partial charge in [-0.05, 0) is 23.6 Å². The molecule has 1 rings (SSSR count). The fourth-order valence-corrected chi connectivity index (χ4v) is 1.54. The summed E-state index contributed by atoms with van der Waals surface area (Å²) in [6.07, 6.45) is 1.12. The minimum Gasteiger partial charge on any atom is -0.481 e. The van der Waals surface area contributed by atoms with Crippen LogP contribution in [0.2, 0.25) is 0 Å². The second-order valence-electron chi connectivity index (χ2n) is 3.36. The highest BCUT2D eigenvalue weighted by Crippen LogP contribution is 2.17. The molecule has 1 N–H and O–H groups in total. The molecule has 0 radical (unpaired) electrons. The molecule has 0 atom stereocenters. The average Bonchev–Trinajstić information content (AvgIpc) is 2.27. The van der Waals surface area contributed by atoms with Crippen LogP contribution in [0.1, 0.15) is 34.0 Å². The largest absolute Gasteiger partial charge is 0.481 e. The molecular weight excluding hydrogens is 206 g/mol. The number of hydrogen-bond donors (Lipinski definition) is 1. The molecule has 16 heavy (non-hydrogen) atoms. The third-order valence-corrected chi connectivity index (χ3v) is 2.34. The van der Waals surface area contributed by atoms with E-state index < -0.39 is 5.97 Å². The zero-order valence-electron chi connectivity index (χ0n) is 8.86. The van der Waals surface area contributed by atoms with Gasteiger partial charge in [-0.25, -0.2) is 0 Å². The molecule has 0 aliphatic rings. The van der Waals surface area contributed by atoms with Gasteiger partial charge in [0.15, 0.2) is 0 Å². The van der Waals surface area contributed by atoms with Crippen molar-refractivity contribution in [3.63, 3.8) is 0 Å². The summed E-state index contributed by atoms with van der Waals surface area (Å²) in [5.41, 5.74) is 1.93. The van der Waals surface area contributed by atoms with Crippen molar-refractivity contribution in [2.45, 2.75) is 19.8 Å². The van der Waals surface area contributed by atoms with Crippen LogP contribution in [-0.4, -0.2) is 17.4 Å². The number of carboxylic acids is 1. The van der Waals surface area contributed by atoms with E-state index in [0.717, 1.165) is 5.56 Å². The molecule has 0 aliphatic carbocycles. The smallest absolute Gasteiger partial charge is 0.307 e. The number of nitriles is 1. The number of carbonyl (C=O) groups is 2. The van der Waals surface area contributed by atoms with Gasteiger partial charge in [-0.2, -0.15) is 5.26 Å². The van der Waals surface area contributed by atoms with Crippen LogP contribution in [0.15, 0.2) is 12.1 Å². The quantitative estimate of drug-likeness (QED) is 0.776. The molecule has 1 aromatic rings. The number of benzene rings is 1. The predicted molar refractivity (Wildman–Crippen MR) is 57.3 cm³/mol. The van der Waals surface area contributed by atoms with Crippen molar-refractivity contribution in [2.75, 3.05) is 0 Å². The molecule has 0 fully saturated rings. The van der Waals surface area contributed by atoms with E-state index in [1.807, 2.05) is 13.0 Å². The number of rotatable bonds is 4. The van der Waals surface area contributed by atoms with E-state index in [2.05, 4.69) is 0 Å². The average molecular weight is 217 g/mol. The first kappa shape index (κ1) is 11.9. The van der Waals surface area contributed by atoms with Crippen LogP contribution in [0.4, 0.5) is 0 Å². The SMILES string of the molecule is CCc1cc(CC(=O)O)c(C#N)cc1C=O. The molecule has 1 aromatic carbocycles. The topological polar surface area (TPSA) is 78.2 Å². The van der Waals surface area contributed by atoms with Crippen LogP contribution >= 0.6 is 0 Å². The molecule has 0 saturated heterocycles. The normalized spacial score (nSPS) is 9.50. The van der Waals surface area contributed by atoms with Gasteiger partial charge in [0.1, 0.15) is 6.29 Å². The Bertz CT molecular complexity index is 472. The first-order chi connectivity index (χ1) is 7.62. The number of hydrogen-bond acceptors (Lipinski definition) is 3. The highest BCUT2D eigenvalue weighted by Gasteiger charge is 2.11. The highest BCUT2D eigenvalue weighted by molar-refractivity contribution is 5.80. The van der Waals surface area contributed by atoms with Crippen molar-refractivity contribution in [2.24, 2.45) is 0 Å². The first-order valence-electron chi connectivity index (χ1n) is 4.85. The molecule has 0 spiro atoms. The third-order valence-electron chi connectivity index (χ3n) is 2.34. The van der Waals surface area contributed by atoms with Crippen LogP contribution in [0.3, 0.4) is 0 Å². The van der Waals surface area contributed by atoms with Crippen LogP contribution in [0.5, 0.6) is 0 Å². The molecule has 0 bridgehead atoms. The maximum absolute atomic E-state index is 10.8. The van der Waals surface area contributed by atoms with E-state index in [1.165, 1.54) is 6.07 Å². The molecule has 82 valence electrons. The van der Waals surface area contributed by atoms with Crippen LogP contribution < -0.4 is 0 Å². The van der Waals surface area contributed by atoms with Crippen molar-refractivity contribution < 1.29 is 14.7 Å². The van der Waals surface area contributed by atoms with Crippen molar-refractivity contribution in [3.8, 4) is 6.07 Å². The molecule has 4 heteroatoms. The second kappa shape index (κ2) is 5.08. The predicted octanol–water partition coefficient (Wildman–Crippen LogP) is 1.56. The summed E-state index contributed by atoms with van der Waals surface area (Å²) in [6, 6.07) is 4.97. The van der Waals surface area contributed by atoms with Crippen molar-refractivity contribution in [1.82, 2.24) is 0 Å². The number of aldehydes is 1. The fourth-order valence-electron chi connectivity index (χ4n) is 1.54. The van der Waals surface area contributed by atoms with Gasteiger partial charge in [-0.1, -0.05) is 13.0 Å². The Hall–Kier alpha value is -2.15. The molecule has 0 aliphatic heterocycles. The Morgan fingerprint density at radius 1 is 1.50 bits per heavy atom. The lowest BCUT2D eigenvalue weighted by molar-refractivity contribution is -0.136. The number of carbonyl (C=O) groups excluding carboxylic acids is 1. The van der Waals surface area contributed by atoms with E-state index in [-0.39, 0.29) is 12.0 Å². The lowest BCUT2D eigenvalue weighted by Crippen LogP contribution is -2.05. The molecular formula is C12H11NO3. The molecule has 0 heterocycles. The van der Waals surface area contributed by atoms with Crippen LogP contribution in [0, 0.1) is 11.3 Å². The van der Waals surface area contributed by atoms with Gasteiger partial charge in [0.25, 0.3) is 0 Å². The van der Waals surface area contributed by atoms with Crippen molar-refractivity contribution >= 4 is 12.3 Å². The lowest BCUT2D eigenvalue weighted by atomic mass is 9.96. The van der Waals surface area contributed by atoms with Gasteiger partial charge in [0.05, 0.1) is 18.1 Å². The van der Waals surface area contributed by atoms with Gasteiger partial charge in [-0.3, -0.25) is 9.59 Å². The summed E-state index contributed by atoms with van der Waals surface area (Å²) in [5.74, 6) is -0.989. The van der Waals surface area contributed by atoms with Gasteiger partial charge >= 0.3 is 5.97 Å². The minimum atomic E-state index is -0.989. The monoisotopic (exact) mass is 217 g/mol. The number of nitrogens with zero attached hydrogens (tertiary/aromatic N) is 1. The van der Waals surface area contributed by atoms with E-state index in [0.29, 0.717) is 23.8 Å². The summed E-state index contributed by atoms with van der Waals surface area (Å²) >= 11 is 0. The number of aliphatic carboxylic acids is 1. The standard InChI is InChI=1S/C12H11NO3/c1-2-8-3-9(5-12(15)16)10(6-13)4-11(8)7-14/h3-4,7H,2,5H2,1H3,(H,15,16). The Morgan fingerprint density at radius 2 is 2.19 bits per heavy atom. The molecule has 0 amide bonds. The van der Waals surface area contributed by atoms with E-state index in [4.69, 9.17) is 10.4 Å². The van der Waals surface area contributed by atoms with Crippen molar-refractivity contribution in [1.29, 1.82) is 5.26 Å². The molecule has 0 saturated carbocycles. The van der Waals surface area contributed by atoms with E-state index >= 15 is 0 Å². The van der Waals surface area contributed by atoms with Crippen molar-refractivity contribution in [3.05, 3.63) is 34.4 Å². The van der Waals surface area contributed by atoms with Gasteiger partial charge in [0.2, 0.25) is 0 Å².